The van der Waals surface area contributed by atoms with Gasteiger partial charge in [-0.15, -0.1) is 0 Å². The lowest BCUT2D eigenvalue weighted by Gasteiger charge is -2.25. The van der Waals surface area contributed by atoms with Crippen molar-refractivity contribution in [2.75, 3.05) is 7.11 Å². The van der Waals surface area contributed by atoms with E-state index in [0.29, 0.717) is 6.54 Å². The van der Waals surface area contributed by atoms with E-state index in [1.807, 2.05) is 45.9 Å². The minimum atomic E-state index is -0.514. The van der Waals surface area contributed by atoms with E-state index < -0.39 is 6.04 Å². The van der Waals surface area contributed by atoms with Crippen molar-refractivity contribution in [2.45, 2.75) is 40.3 Å². The Morgan fingerprint density at radius 2 is 2.05 bits per heavy atom. The number of carbonyl (C=O) groups excluding carboxylic acids is 1. The van der Waals surface area contributed by atoms with Crippen LogP contribution in [0.5, 0.6) is 5.75 Å². The minimum Gasteiger partial charge on any atom is -0.496 e. The third-order valence-corrected chi connectivity index (χ3v) is 3.15. The Morgan fingerprint density at radius 3 is 2.58 bits per heavy atom. The number of amides is 1. The van der Waals surface area contributed by atoms with Crippen LogP contribution in [-0.2, 0) is 11.3 Å². The van der Waals surface area contributed by atoms with Crippen molar-refractivity contribution in [2.24, 2.45) is 11.1 Å². The maximum absolute atomic E-state index is 11.9. The molecule has 4 nitrogen and oxygen atoms in total. The molecular weight excluding hydrogens is 240 g/mol. The second kappa shape index (κ2) is 6.06. The number of ether oxygens (including phenoxy) is 1. The van der Waals surface area contributed by atoms with Crippen molar-refractivity contribution in [1.82, 2.24) is 5.32 Å². The Kier molecular flexibility index (Phi) is 4.95. The molecule has 0 aliphatic heterocycles. The van der Waals surface area contributed by atoms with Gasteiger partial charge in [0, 0.05) is 6.54 Å². The lowest BCUT2D eigenvalue weighted by Crippen LogP contribution is -2.48. The summed E-state index contributed by atoms with van der Waals surface area (Å²) in [4.78, 5) is 11.9. The molecule has 1 aromatic rings. The summed E-state index contributed by atoms with van der Waals surface area (Å²) in [5.41, 5.74) is 7.73. The van der Waals surface area contributed by atoms with Crippen molar-refractivity contribution in [1.29, 1.82) is 0 Å². The second-order valence-electron chi connectivity index (χ2n) is 5.87. The molecule has 1 amide bonds. The van der Waals surface area contributed by atoms with E-state index in [-0.39, 0.29) is 11.3 Å². The van der Waals surface area contributed by atoms with E-state index in [1.165, 1.54) is 0 Å². The molecule has 106 valence electrons. The molecule has 1 aromatic carbocycles. The van der Waals surface area contributed by atoms with Gasteiger partial charge >= 0.3 is 0 Å². The summed E-state index contributed by atoms with van der Waals surface area (Å²) >= 11 is 0. The Hall–Kier alpha value is -1.55. The minimum absolute atomic E-state index is 0.132. The fourth-order valence-electron chi connectivity index (χ4n) is 1.67. The van der Waals surface area contributed by atoms with Gasteiger partial charge < -0.3 is 15.8 Å². The first-order chi connectivity index (χ1) is 8.75. The molecule has 0 aromatic heterocycles. The van der Waals surface area contributed by atoms with Crippen LogP contribution >= 0.6 is 0 Å². The molecule has 0 saturated carbocycles. The van der Waals surface area contributed by atoms with Crippen molar-refractivity contribution in [3.05, 3.63) is 29.3 Å². The molecule has 0 unspecified atom stereocenters. The van der Waals surface area contributed by atoms with Gasteiger partial charge in [-0.25, -0.2) is 0 Å². The summed E-state index contributed by atoms with van der Waals surface area (Å²) in [6.07, 6.45) is 0. The zero-order valence-corrected chi connectivity index (χ0v) is 12.4. The average Bonchev–Trinajstić information content (AvgIpc) is 2.35. The van der Waals surface area contributed by atoms with Crippen molar-refractivity contribution >= 4 is 5.91 Å². The van der Waals surface area contributed by atoms with Crippen LogP contribution in [0, 0.1) is 12.3 Å². The van der Waals surface area contributed by atoms with Crippen LogP contribution in [-0.4, -0.2) is 19.1 Å². The first-order valence-corrected chi connectivity index (χ1v) is 6.42. The molecule has 0 fully saturated rings. The van der Waals surface area contributed by atoms with Crippen molar-refractivity contribution in [3.8, 4) is 5.75 Å². The van der Waals surface area contributed by atoms with Gasteiger partial charge in [-0.1, -0.05) is 32.9 Å². The molecule has 0 heterocycles. The average molecular weight is 264 g/mol. The lowest BCUT2D eigenvalue weighted by molar-refractivity contribution is -0.124. The summed E-state index contributed by atoms with van der Waals surface area (Å²) in [5.74, 6) is 0.693. The zero-order valence-electron chi connectivity index (χ0n) is 12.4. The molecule has 0 radical (unpaired) electrons. The van der Waals surface area contributed by atoms with E-state index in [1.54, 1.807) is 7.11 Å². The Labute approximate surface area is 115 Å². The molecule has 0 aliphatic rings. The van der Waals surface area contributed by atoms with Crippen molar-refractivity contribution < 1.29 is 9.53 Å². The maximum atomic E-state index is 11.9. The van der Waals surface area contributed by atoms with Crippen LogP contribution in [0.3, 0.4) is 0 Å². The normalized spacial score (nSPS) is 12.9. The van der Waals surface area contributed by atoms with Gasteiger partial charge in [-0.3, -0.25) is 4.79 Å². The highest BCUT2D eigenvalue weighted by molar-refractivity contribution is 5.82. The highest BCUT2D eigenvalue weighted by Crippen LogP contribution is 2.20. The second-order valence-corrected chi connectivity index (χ2v) is 5.87. The Bertz CT molecular complexity index is 450. The number of nitrogens with two attached hydrogens (primary N) is 1. The molecule has 0 bridgehead atoms. The van der Waals surface area contributed by atoms with Gasteiger partial charge in [0.1, 0.15) is 5.75 Å². The summed E-state index contributed by atoms with van der Waals surface area (Å²) in [6, 6.07) is 5.36. The number of methoxy groups -OCH3 is 1. The van der Waals surface area contributed by atoms with Crippen LogP contribution in [0.15, 0.2) is 18.2 Å². The highest BCUT2D eigenvalue weighted by atomic mass is 16.5. The summed E-state index contributed by atoms with van der Waals surface area (Å²) in [5, 5.41) is 2.86. The molecule has 0 saturated heterocycles. The number of carbonyl (C=O) groups is 1. The zero-order chi connectivity index (χ0) is 14.6. The van der Waals surface area contributed by atoms with Crippen LogP contribution in [0.2, 0.25) is 0 Å². The van der Waals surface area contributed by atoms with Gasteiger partial charge in [0.2, 0.25) is 5.91 Å². The number of aryl methyl sites for hydroxylation is 1. The fraction of sp³-hybridized carbons (Fsp3) is 0.533. The fourth-order valence-corrected chi connectivity index (χ4v) is 1.67. The van der Waals surface area contributed by atoms with Gasteiger partial charge in [0.05, 0.1) is 13.2 Å². The number of benzene rings is 1. The van der Waals surface area contributed by atoms with E-state index in [9.17, 15) is 4.79 Å². The van der Waals surface area contributed by atoms with Crippen LogP contribution in [0.25, 0.3) is 0 Å². The summed E-state index contributed by atoms with van der Waals surface area (Å²) in [7, 11) is 1.64. The van der Waals surface area contributed by atoms with Crippen molar-refractivity contribution in [3.63, 3.8) is 0 Å². The largest absolute Gasteiger partial charge is 0.496 e. The first-order valence-electron chi connectivity index (χ1n) is 6.42. The summed E-state index contributed by atoms with van der Waals surface area (Å²) < 4.78 is 5.26. The van der Waals surface area contributed by atoms with Crippen LogP contribution in [0.4, 0.5) is 0 Å². The molecule has 4 heteroatoms. The monoisotopic (exact) mass is 264 g/mol. The van der Waals surface area contributed by atoms with E-state index in [2.05, 4.69) is 5.32 Å². The number of hydrogen-bond acceptors (Lipinski definition) is 3. The quantitative estimate of drug-likeness (QED) is 0.874. The van der Waals surface area contributed by atoms with Crippen LogP contribution in [0.1, 0.15) is 31.9 Å². The molecular formula is C15H24N2O2. The van der Waals surface area contributed by atoms with Gasteiger partial charge in [-0.2, -0.15) is 0 Å². The standard InChI is InChI=1S/C15H24N2O2/c1-10-6-7-11(8-12(10)19-5)9-17-14(18)13(16)15(2,3)4/h6-8,13H,9,16H2,1-5H3,(H,17,18)/t13-/m1/s1. The topological polar surface area (TPSA) is 64.3 Å². The maximum Gasteiger partial charge on any atom is 0.237 e. The predicted molar refractivity (Wildman–Crippen MR) is 77.0 cm³/mol. The summed E-state index contributed by atoms with van der Waals surface area (Å²) in [6.45, 7) is 8.29. The number of nitrogens with one attached hydrogen (secondary N) is 1. The van der Waals surface area contributed by atoms with Gasteiger partial charge in [0.15, 0.2) is 0 Å². The van der Waals surface area contributed by atoms with E-state index in [4.69, 9.17) is 10.5 Å². The third-order valence-electron chi connectivity index (χ3n) is 3.15. The van der Waals surface area contributed by atoms with Gasteiger partial charge in [-0.05, 0) is 29.5 Å². The molecule has 0 aliphatic carbocycles. The Morgan fingerprint density at radius 1 is 1.42 bits per heavy atom. The molecule has 3 N–H and O–H groups in total. The number of rotatable bonds is 4. The van der Waals surface area contributed by atoms with Gasteiger partial charge in [0.25, 0.3) is 0 Å². The SMILES string of the molecule is COc1cc(CNC(=O)[C@@H](N)C(C)(C)C)ccc1C. The smallest absolute Gasteiger partial charge is 0.237 e. The first kappa shape index (κ1) is 15.5. The predicted octanol–water partition coefficient (Wildman–Crippen LogP) is 1.99. The highest BCUT2D eigenvalue weighted by Gasteiger charge is 2.27. The number of hydrogen-bond donors (Lipinski definition) is 2. The lowest BCUT2D eigenvalue weighted by atomic mass is 9.87. The van der Waals surface area contributed by atoms with E-state index >= 15 is 0 Å². The molecule has 19 heavy (non-hydrogen) atoms. The third kappa shape index (κ3) is 4.24. The molecule has 1 atom stereocenters. The molecule has 1 rings (SSSR count). The van der Waals surface area contributed by atoms with Crippen LogP contribution < -0.4 is 15.8 Å². The van der Waals surface area contributed by atoms with E-state index in [0.717, 1.165) is 16.9 Å². The molecule has 0 spiro atoms. The Balaban J connectivity index is 2.65.